The van der Waals surface area contributed by atoms with Crippen LogP contribution >= 0.6 is 35.7 Å². The van der Waals surface area contributed by atoms with Gasteiger partial charge in [0.05, 0.1) is 0 Å². The second-order valence-corrected chi connectivity index (χ2v) is 16.2. The number of halogens is 2. The average Bonchev–Trinajstić information content (AvgIpc) is 3.26. The summed E-state index contributed by atoms with van der Waals surface area (Å²) in [5, 5.41) is 3.01. The minimum atomic E-state index is -1.14. The third-order valence-electron chi connectivity index (χ3n) is 4.21. The molecular formula is C15H21AlBrIN2. The van der Waals surface area contributed by atoms with Crippen LogP contribution in [0.1, 0.15) is 32.9 Å². The molecule has 1 fully saturated rings. The summed E-state index contributed by atoms with van der Waals surface area (Å²) in [4.78, 5) is 9.62. The molecule has 0 aromatic carbocycles. The van der Waals surface area contributed by atoms with Gasteiger partial charge in [0.2, 0.25) is 0 Å². The number of hydrogen-bond donors (Lipinski definition) is 0. The molecule has 5 heteroatoms. The van der Waals surface area contributed by atoms with E-state index in [4.69, 9.17) is 9.98 Å². The molecule has 2 nitrogen and oxygen atoms in total. The summed E-state index contributed by atoms with van der Waals surface area (Å²) in [6.45, 7) is 8.00. The van der Waals surface area contributed by atoms with Crippen molar-refractivity contribution < 1.29 is 0 Å². The number of fused-ring (bicyclic) bond motifs is 1. The molecule has 0 N–H and O–H groups in total. The number of pyridine rings is 1. The SMILES string of the molecule is CCC(C)I1CCN=C(C)c2nc(Br)c[c]([Al]3[CH2][CH2]3)c21. The van der Waals surface area contributed by atoms with E-state index in [-0.39, 0.29) is 0 Å². The van der Waals surface area contributed by atoms with E-state index < -0.39 is 34.0 Å². The Morgan fingerprint density at radius 3 is 2.85 bits per heavy atom. The second-order valence-electron chi connectivity index (χ2n) is 5.71. The van der Waals surface area contributed by atoms with Gasteiger partial charge < -0.3 is 0 Å². The van der Waals surface area contributed by atoms with Gasteiger partial charge in [-0.05, 0) is 0 Å². The summed E-state index contributed by atoms with van der Waals surface area (Å²) in [6, 6.07) is 2.37. The Labute approximate surface area is 141 Å². The molecule has 1 aromatic rings. The molecule has 0 radical (unpaired) electrons. The Balaban J connectivity index is 2.17. The Morgan fingerprint density at radius 1 is 1.45 bits per heavy atom. The topological polar surface area (TPSA) is 25.2 Å². The molecule has 1 unspecified atom stereocenters. The van der Waals surface area contributed by atoms with Gasteiger partial charge in [0.15, 0.2) is 0 Å². The van der Waals surface area contributed by atoms with Crippen molar-refractivity contribution in [2.24, 2.45) is 4.99 Å². The molecular weight excluding hydrogens is 442 g/mol. The zero-order chi connectivity index (χ0) is 14.3. The summed E-state index contributed by atoms with van der Waals surface area (Å²) in [5.74, 6) is 0. The van der Waals surface area contributed by atoms with Crippen LogP contribution in [0.15, 0.2) is 15.7 Å². The van der Waals surface area contributed by atoms with Crippen molar-refractivity contribution in [3.63, 3.8) is 0 Å². The molecule has 1 saturated heterocycles. The number of alkyl halides is 2. The van der Waals surface area contributed by atoms with Crippen molar-refractivity contribution in [3.8, 4) is 0 Å². The van der Waals surface area contributed by atoms with E-state index in [9.17, 15) is 0 Å². The van der Waals surface area contributed by atoms with Crippen LogP contribution in [0, 0.1) is 3.57 Å². The van der Waals surface area contributed by atoms with Crippen LogP contribution in [0.4, 0.5) is 0 Å². The van der Waals surface area contributed by atoms with Crippen LogP contribution < -0.4 is 4.43 Å². The van der Waals surface area contributed by atoms with E-state index in [0.717, 1.165) is 15.1 Å². The summed E-state index contributed by atoms with van der Waals surface area (Å²) in [5.41, 5.74) is 2.44. The van der Waals surface area contributed by atoms with Crippen molar-refractivity contribution >= 4 is 60.0 Å². The van der Waals surface area contributed by atoms with Gasteiger partial charge >= 0.3 is 143 Å². The van der Waals surface area contributed by atoms with Crippen LogP contribution in [0.3, 0.4) is 0 Å². The van der Waals surface area contributed by atoms with Crippen LogP contribution in [-0.4, -0.2) is 39.7 Å². The van der Waals surface area contributed by atoms with Crippen molar-refractivity contribution in [2.75, 3.05) is 11.0 Å². The predicted octanol–water partition coefficient (Wildman–Crippen LogP) is 3.86. The summed E-state index contributed by atoms with van der Waals surface area (Å²) in [6.07, 6.45) is 1.31. The van der Waals surface area contributed by atoms with Gasteiger partial charge in [-0.1, -0.05) is 0 Å². The standard InChI is InChI=1S/C13H17BrIN2.C2H4.Al/c1-4-9(2)15-7-8-16-10(3)13-11(15)5-6-12(14)17-13;1-2;/h6,9H,4,7-8H2,1-3H3;1-2H2;. The minimum absolute atomic E-state index is 0.596. The molecule has 0 aliphatic carbocycles. The summed E-state index contributed by atoms with van der Waals surface area (Å²) < 4.78 is 6.75. The normalized spacial score (nSPS) is 21.1. The van der Waals surface area contributed by atoms with Crippen molar-refractivity contribution in [1.29, 1.82) is 0 Å². The summed E-state index contributed by atoms with van der Waals surface area (Å²) in [7, 11) is 0. The zero-order valence-corrected chi connectivity index (χ0v) is 17.3. The number of hydrogen-bond acceptors (Lipinski definition) is 2. The van der Waals surface area contributed by atoms with Gasteiger partial charge in [0, 0.05) is 0 Å². The average molecular weight is 463 g/mol. The predicted molar refractivity (Wildman–Crippen MR) is 101 cm³/mol. The molecule has 0 spiro atoms. The molecule has 1 aromatic heterocycles. The quantitative estimate of drug-likeness (QED) is 0.290. The Morgan fingerprint density at radius 2 is 2.20 bits per heavy atom. The molecule has 0 saturated carbocycles. The van der Waals surface area contributed by atoms with Gasteiger partial charge in [0.1, 0.15) is 0 Å². The van der Waals surface area contributed by atoms with Crippen molar-refractivity contribution in [1.82, 2.24) is 4.98 Å². The fourth-order valence-electron chi connectivity index (χ4n) is 2.73. The van der Waals surface area contributed by atoms with Crippen LogP contribution in [0.25, 0.3) is 0 Å². The van der Waals surface area contributed by atoms with Crippen LogP contribution in [0.2, 0.25) is 10.6 Å². The first-order valence-electron chi connectivity index (χ1n) is 7.48. The van der Waals surface area contributed by atoms with Crippen LogP contribution in [0.5, 0.6) is 0 Å². The third kappa shape index (κ3) is 3.02. The van der Waals surface area contributed by atoms with Gasteiger partial charge in [-0.15, -0.1) is 0 Å². The molecule has 2 aliphatic rings. The third-order valence-corrected chi connectivity index (χ3v) is 15.3. The number of aliphatic imine (C=N–C) groups is 1. The molecule has 0 amide bonds. The molecule has 2 aliphatic heterocycles. The van der Waals surface area contributed by atoms with Gasteiger partial charge in [-0.3, -0.25) is 0 Å². The fraction of sp³-hybridized carbons (Fsp3) is 0.600. The van der Waals surface area contributed by atoms with Gasteiger partial charge in [-0.2, -0.15) is 0 Å². The molecule has 0 bridgehead atoms. The molecule has 20 heavy (non-hydrogen) atoms. The van der Waals surface area contributed by atoms with E-state index in [1.165, 1.54) is 32.8 Å². The molecule has 1 atom stereocenters. The zero-order valence-electron chi connectivity index (χ0n) is 12.4. The Kier molecular flexibility index (Phi) is 4.91. The maximum absolute atomic E-state index is 4.84. The van der Waals surface area contributed by atoms with E-state index in [1.54, 1.807) is 8.00 Å². The first-order chi connectivity index (χ1) is 9.61. The van der Waals surface area contributed by atoms with Gasteiger partial charge in [-0.25, -0.2) is 0 Å². The first-order valence-corrected chi connectivity index (χ1v) is 14.3. The maximum atomic E-state index is 4.84. The van der Waals surface area contributed by atoms with Crippen molar-refractivity contribution in [3.05, 3.63) is 19.9 Å². The number of aromatic nitrogens is 1. The monoisotopic (exact) mass is 462 g/mol. The van der Waals surface area contributed by atoms with E-state index in [1.807, 2.05) is 0 Å². The molecule has 108 valence electrons. The Hall–Kier alpha value is 0.562. The fourth-order valence-corrected chi connectivity index (χ4v) is 14.5. The van der Waals surface area contributed by atoms with E-state index in [2.05, 4.69) is 42.8 Å². The van der Waals surface area contributed by atoms with Crippen LogP contribution in [-0.2, 0) is 0 Å². The van der Waals surface area contributed by atoms with Gasteiger partial charge in [0.25, 0.3) is 0 Å². The molecule has 3 heterocycles. The summed E-state index contributed by atoms with van der Waals surface area (Å²) >= 11 is 1.90. The number of nitrogens with zero attached hydrogens (tertiary/aromatic N) is 2. The second kappa shape index (κ2) is 6.36. The first kappa shape index (κ1) is 15.5. The van der Waals surface area contributed by atoms with E-state index in [0.29, 0.717) is 0 Å². The Bertz CT molecular complexity index is 557. The number of rotatable bonds is 3. The van der Waals surface area contributed by atoms with Crippen molar-refractivity contribution in [2.45, 2.75) is 41.7 Å². The van der Waals surface area contributed by atoms with E-state index >= 15 is 0 Å². The molecule has 3 rings (SSSR count).